The maximum atomic E-state index is 12.8. The molecule has 6 nitrogen and oxygen atoms in total. The third kappa shape index (κ3) is 6.01. The Labute approximate surface area is 188 Å². The van der Waals surface area contributed by atoms with Crippen LogP contribution in [-0.4, -0.2) is 23.5 Å². The first-order chi connectivity index (χ1) is 13.8. The summed E-state index contributed by atoms with van der Waals surface area (Å²) in [5.74, 6) is -0.443. The highest BCUT2D eigenvalue weighted by molar-refractivity contribution is 9.10. The van der Waals surface area contributed by atoms with Crippen LogP contribution in [0.1, 0.15) is 57.8 Å². The molecule has 0 saturated heterocycles. The van der Waals surface area contributed by atoms with Crippen LogP contribution < -0.4 is 21.1 Å². The van der Waals surface area contributed by atoms with E-state index in [9.17, 15) is 9.59 Å². The topological polar surface area (TPSA) is 93.4 Å². The molecule has 0 saturated carbocycles. The first-order valence-electron chi connectivity index (χ1n) is 9.25. The Morgan fingerprint density at radius 2 is 2.03 bits per heavy atom. The molecule has 0 aliphatic heterocycles. The minimum atomic E-state index is -0.526. The zero-order valence-corrected chi connectivity index (χ0v) is 19.8. The van der Waals surface area contributed by atoms with Gasteiger partial charge in [-0.3, -0.25) is 14.9 Å². The number of nitrogens with one attached hydrogen (secondary N) is 2. The third-order valence-electron chi connectivity index (χ3n) is 4.20. The number of amides is 2. The lowest BCUT2D eigenvalue weighted by Gasteiger charge is -2.13. The molecule has 156 valence electrons. The quantitative estimate of drug-likeness (QED) is 0.360. The van der Waals surface area contributed by atoms with Crippen LogP contribution in [0.15, 0.2) is 22.7 Å². The van der Waals surface area contributed by atoms with Crippen LogP contribution in [-0.2, 0) is 6.42 Å². The van der Waals surface area contributed by atoms with Gasteiger partial charge in [-0.25, -0.2) is 0 Å². The zero-order chi connectivity index (χ0) is 21.6. The van der Waals surface area contributed by atoms with Crippen molar-refractivity contribution in [1.29, 1.82) is 0 Å². The van der Waals surface area contributed by atoms with E-state index in [1.54, 1.807) is 12.1 Å². The van der Waals surface area contributed by atoms with Crippen LogP contribution in [0.3, 0.4) is 0 Å². The maximum absolute atomic E-state index is 12.8. The van der Waals surface area contributed by atoms with E-state index in [0.29, 0.717) is 34.9 Å². The summed E-state index contributed by atoms with van der Waals surface area (Å²) in [6, 6.07) is 5.24. The molecule has 0 spiro atoms. The number of ether oxygens (including phenoxy) is 1. The number of nitrogens with two attached hydrogens (primary N) is 1. The molecule has 29 heavy (non-hydrogen) atoms. The van der Waals surface area contributed by atoms with Gasteiger partial charge < -0.3 is 15.8 Å². The number of carbonyl (C=O) groups excluding carboxylic acids is 2. The summed E-state index contributed by atoms with van der Waals surface area (Å²) in [4.78, 5) is 25.6. The molecule has 0 unspecified atom stereocenters. The highest BCUT2D eigenvalue weighted by Crippen LogP contribution is 2.33. The molecule has 1 heterocycles. The smallest absolute Gasteiger partial charge is 0.261 e. The van der Waals surface area contributed by atoms with Crippen molar-refractivity contribution in [2.45, 2.75) is 40.0 Å². The van der Waals surface area contributed by atoms with Gasteiger partial charge in [-0.15, -0.1) is 11.3 Å². The number of aryl methyl sites for hydroxylation is 1. The van der Waals surface area contributed by atoms with E-state index < -0.39 is 11.8 Å². The highest BCUT2D eigenvalue weighted by atomic mass is 79.9. The summed E-state index contributed by atoms with van der Waals surface area (Å²) in [7, 11) is 0. The van der Waals surface area contributed by atoms with Crippen molar-refractivity contribution in [3.63, 3.8) is 0 Å². The van der Waals surface area contributed by atoms with E-state index in [4.69, 9.17) is 22.7 Å². The van der Waals surface area contributed by atoms with Gasteiger partial charge in [0.05, 0.1) is 17.7 Å². The lowest BCUT2D eigenvalue weighted by Crippen LogP contribution is -2.34. The number of halogens is 1. The molecule has 2 aromatic rings. The first-order valence-corrected chi connectivity index (χ1v) is 11.3. The second kappa shape index (κ2) is 10.7. The van der Waals surface area contributed by atoms with Gasteiger partial charge in [-0.2, -0.15) is 0 Å². The molecule has 0 atom stereocenters. The van der Waals surface area contributed by atoms with Gasteiger partial charge in [0.1, 0.15) is 10.8 Å². The van der Waals surface area contributed by atoms with E-state index in [1.165, 1.54) is 11.3 Å². The van der Waals surface area contributed by atoms with Crippen molar-refractivity contribution in [3.05, 3.63) is 44.2 Å². The van der Waals surface area contributed by atoms with Crippen molar-refractivity contribution in [2.75, 3.05) is 11.9 Å². The average molecular weight is 498 g/mol. The first kappa shape index (κ1) is 23.3. The van der Waals surface area contributed by atoms with E-state index >= 15 is 0 Å². The van der Waals surface area contributed by atoms with E-state index in [2.05, 4.69) is 33.5 Å². The Balaban J connectivity index is 2.17. The largest absolute Gasteiger partial charge is 0.493 e. The number of thiocarbonyl (C=S) groups is 1. The van der Waals surface area contributed by atoms with Crippen molar-refractivity contribution in [2.24, 2.45) is 5.73 Å². The summed E-state index contributed by atoms with van der Waals surface area (Å²) in [5, 5.41) is 6.21. The normalized spacial score (nSPS) is 10.5. The summed E-state index contributed by atoms with van der Waals surface area (Å²) >= 11 is 10.0. The fourth-order valence-electron chi connectivity index (χ4n) is 2.79. The molecule has 0 fully saturated rings. The third-order valence-corrected chi connectivity index (χ3v) is 5.97. The van der Waals surface area contributed by atoms with E-state index in [1.807, 2.05) is 19.9 Å². The average Bonchev–Trinajstić information content (AvgIpc) is 2.97. The highest BCUT2D eigenvalue weighted by Gasteiger charge is 2.21. The monoisotopic (exact) mass is 497 g/mol. The van der Waals surface area contributed by atoms with Crippen molar-refractivity contribution >= 4 is 61.4 Å². The van der Waals surface area contributed by atoms with Gasteiger partial charge in [0, 0.05) is 9.35 Å². The molecule has 2 amide bonds. The number of thiophene rings is 1. The van der Waals surface area contributed by atoms with Gasteiger partial charge in [0.2, 0.25) is 0 Å². The summed E-state index contributed by atoms with van der Waals surface area (Å²) in [6.45, 7) is 6.47. The van der Waals surface area contributed by atoms with Crippen molar-refractivity contribution in [3.8, 4) is 5.75 Å². The van der Waals surface area contributed by atoms with Crippen LogP contribution in [0.4, 0.5) is 5.00 Å². The van der Waals surface area contributed by atoms with Crippen LogP contribution in [0.2, 0.25) is 0 Å². The van der Waals surface area contributed by atoms with Crippen molar-refractivity contribution < 1.29 is 14.3 Å². The van der Waals surface area contributed by atoms with Crippen molar-refractivity contribution in [1.82, 2.24) is 5.32 Å². The Bertz CT molecular complexity index is 928. The van der Waals surface area contributed by atoms with Gasteiger partial charge in [0.15, 0.2) is 5.11 Å². The SMILES string of the molecule is CCCCOc1ccc(Br)cc1C(=O)NC(=S)Nc1sc(C)c(CC)c1C(N)=O. The summed E-state index contributed by atoms with van der Waals surface area (Å²) in [5.41, 5.74) is 7.21. The molecule has 0 aliphatic carbocycles. The minimum Gasteiger partial charge on any atom is -0.493 e. The number of hydrogen-bond acceptors (Lipinski definition) is 5. The second-order valence-corrected chi connectivity index (χ2v) is 8.86. The number of hydrogen-bond donors (Lipinski definition) is 3. The van der Waals surface area contributed by atoms with Crippen LogP contribution in [0.25, 0.3) is 0 Å². The number of rotatable bonds is 8. The van der Waals surface area contributed by atoms with E-state index in [-0.39, 0.29) is 5.11 Å². The van der Waals surface area contributed by atoms with Crippen LogP contribution in [0.5, 0.6) is 5.75 Å². The maximum Gasteiger partial charge on any atom is 0.261 e. The van der Waals surface area contributed by atoms with Gasteiger partial charge >= 0.3 is 0 Å². The molecular weight excluding hydrogens is 474 g/mol. The summed E-state index contributed by atoms with van der Waals surface area (Å²) < 4.78 is 6.48. The lowest BCUT2D eigenvalue weighted by molar-refractivity contribution is 0.0971. The Morgan fingerprint density at radius 3 is 2.66 bits per heavy atom. The Hall–Kier alpha value is -1.97. The molecule has 0 radical (unpaired) electrons. The second-order valence-electron chi connectivity index (χ2n) is 6.31. The fraction of sp³-hybridized carbons (Fsp3) is 0.350. The summed E-state index contributed by atoms with van der Waals surface area (Å²) in [6.07, 6.45) is 2.57. The number of carbonyl (C=O) groups is 2. The predicted molar refractivity (Wildman–Crippen MR) is 125 cm³/mol. The lowest BCUT2D eigenvalue weighted by atomic mass is 10.1. The number of primary amides is 1. The Morgan fingerprint density at radius 1 is 1.31 bits per heavy atom. The number of benzene rings is 1. The van der Waals surface area contributed by atoms with Crippen LogP contribution >= 0.6 is 39.5 Å². The molecule has 1 aromatic carbocycles. The number of anilines is 1. The molecule has 1 aromatic heterocycles. The molecule has 0 aliphatic rings. The number of unbranched alkanes of at least 4 members (excludes halogenated alkanes) is 1. The predicted octanol–water partition coefficient (Wildman–Crippen LogP) is 4.79. The molecule has 4 N–H and O–H groups in total. The zero-order valence-electron chi connectivity index (χ0n) is 16.6. The fourth-order valence-corrected chi connectivity index (χ4v) is 4.57. The molecular formula is C20H24BrN3O3S2. The van der Waals surface area contributed by atoms with Gasteiger partial charge in [0.25, 0.3) is 11.8 Å². The van der Waals surface area contributed by atoms with E-state index in [0.717, 1.165) is 27.8 Å². The van der Waals surface area contributed by atoms with Gasteiger partial charge in [-0.1, -0.05) is 36.2 Å². The van der Waals surface area contributed by atoms with Crippen LogP contribution in [0, 0.1) is 6.92 Å². The minimum absolute atomic E-state index is 0.0842. The Kier molecular flexibility index (Phi) is 8.60. The molecule has 2 rings (SSSR count). The molecule has 9 heteroatoms. The molecule has 0 bridgehead atoms. The standard InChI is InChI=1S/C20H24BrN3O3S2/c1-4-6-9-27-15-8-7-12(21)10-14(15)18(26)23-20(28)24-19-16(17(22)25)13(5-2)11(3)29-19/h7-8,10H,4-6,9H2,1-3H3,(H2,22,25)(H2,23,24,26,28). The van der Waals surface area contributed by atoms with Gasteiger partial charge in [-0.05, 0) is 55.7 Å².